The number of phenols is 4. The summed E-state index contributed by atoms with van der Waals surface area (Å²) in [6.07, 6.45) is 25.2. The van der Waals surface area contributed by atoms with E-state index in [-0.39, 0.29) is 30.4 Å². The smallest absolute Gasteiger partial charge is 0.488 e. The average molecular weight is 1090 g/mol. The quantitative estimate of drug-likeness (QED) is 0.0597. The number of rotatable bonds is 4. The lowest BCUT2D eigenvalue weighted by Gasteiger charge is -2.25. The molecule has 2 radical (unpaired) electrons. The molecule has 10 nitrogen and oxygen atoms in total. The van der Waals surface area contributed by atoms with Crippen molar-refractivity contribution in [1.29, 1.82) is 0 Å². The maximum atomic E-state index is 10.2. The van der Waals surface area contributed by atoms with Crippen molar-refractivity contribution in [3.63, 3.8) is 0 Å². The topological polar surface area (TPSA) is 202 Å². The molecule has 0 aromatic heterocycles. The second-order valence-electron chi connectivity index (χ2n) is 22.9. The van der Waals surface area contributed by atoms with Crippen molar-refractivity contribution < 1.29 is 50.6 Å². The monoisotopic (exact) mass is 1090 g/mol. The van der Waals surface area contributed by atoms with Gasteiger partial charge in [0.1, 0.15) is 7.85 Å². The minimum Gasteiger partial charge on any atom is -0.504 e. The van der Waals surface area contributed by atoms with Crippen LogP contribution in [0.2, 0.25) is 13.6 Å². The van der Waals surface area contributed by atoms with Crippen molar-refractivity contribution in [2.45, 2.75) is 79.4 Å². The Morgan fingerprint density at radius 2 is 0.819 bits per heavy atom. The third kappa shape index (κ3) is 9.22. The molecule has 0 aliphatic heterocycles. The molecule has 0 amide bonds. The van der Waals surface area contributed by atoms with Gasteiger partial charge in [-0.25, -0.2) is 0 Å². The fourth-order valence-corrected chi connectivity index (χ4v) is 13.9. The van der Waals surface area contributed by atoms with E-state index < -0.39 is 28.1 Å². The van der Waals surface area contributed by atoms with Crippen molar-refractivity contribution in [3.05, 3.63) is 208 Å². The molecule has 0 saturated heterocycles. The molecule has 408 valence electrons. The molecule has 16 rings (SSSR count). The minimum atomic E-state index is -1.46. The SMILES string of the molecule is C.CB(O)C1=CCc2ccc3c4c(ccc1c24)CC=C3B(O)O.CB(O)C1=Cc2ccc3c4c(ccc(c24)C1)C=C(B(O)O)C3.Oc1c(O)c2c3c(c(O)c(O)c4c3c1C=CC4)C=CC2.[B]C1=Cc2ccc3c4c(ccc(c24)C1)C=C(C)C3. The lowest BCUT2D eigenvalue weighted by atomic mass is 9.58. The Balaban J connectivity index is 0.000000109. The molecule has 0 atom stereocenters. The number of aromatic hydroxyl groups is 4. The van der Waals surface area contributed by atoms with Crippen molar-refractivity contribution in [3.8, 4) is 23.0 Å². The summed E-state index contributed by atoms with van der Waals surface area (Å²) in [7, 11) is 3.16. The van der Waals surface area contributed by atoms with Gasteiger partial charge in [-0.1, -0.05) is 166 Å². The van der Waals surface area contributed by atoms with Gasteiger partial charge in [0, 0.05) is 33.0 Å². The number of hydrogen-bond donors (Lipinski definition) is 10. The molecule has 0 fully saturated rings. The highest BCUT2D eigenvalue weighted by molar-refractivity contribution is 6.72. The molecule has 15 heteroatoms. The van der Waals surface area contributed by atoms with Gasteiger partial charge in [-0.2, -0.15) is 0 Å². The lowest BCUT2D eigenvalue weighted by molar-refractivity contribution is 0.397. The maximum absolute atomic E-state index is 10.2. The number of allylic oxidation sites excluding steroid dienone is 8. The molecule has 0 unspecified atom stereocenters. The summed E-state index contributed by atoms with van der Waals surface area (Å²) in [4.78, 5) is 0. The van der Waals surface area contributed by atoms with E-state index in [1.807, 2.05) is 24.3 Å². The Morgan fingerprint density at radius 1 is 0.398 bits per heavy atom. The zero-order valence-electron chi connectivity index (χ0n) is 45.7. The lowest BCUT2D eigenvalue weighted by Crippen LogP contribution is -2.20. The van der Waals surface area contributed by atoms with E-state index in [1.165, 1.54) is 66.1 Å². The predicted octanol–water partition coefficient (Wildman–Crippen LogP) is 11.1. The van der Waals surface area contributed by atoms with Crippen LogP contribution in [-0.4, -0.2) is 86.5 Å². The first-order valence-corrected chi connectivity index (χ1v) is 28.0. The second kappa shape index (κ2) is 21.3. The first-order chi connectivity index (χ1) is 39.4. The highest BCUT2D eigenvalue weighted by Crippen LogP contribution is 2.53. The summed E-state index contributed by atoms with van der Waals surface area (Å²) in [5.74, 6) is -0.645. The van der Waals surface area contributed by atoms with Gasteiger partial charge in [-0.3, -0.25) is 0 Å². The van der Waals surface area contributed by atoms with Crippen LogP contribution in [0.3, 0.4) is 0 Å². The van der Waals surface area contributed by atoms with Gasteiger partial charge >= 0.3 is 28.1 Å². The molecule has 0 spiro atoms. The number of phenolic OH excluding ortho intramolecular Hbond substituents is 4. The molecule has 0 heterocycles. The van der Waals surface area contributed by atoms with Crippen LogP contribution in [-0.2, 0) is 51.4 Å². The van der Waals surface area contributed by atoms with Gasteiger partial charge in [0.2, 0.25) is 0 Å². The number of benzene rings is 8. The normalized spacial score (nSPS) is 15.4. The highest BCUT2D eigenvalue weighted by Gasteiger charge is 2.31. The Labute approximate surface area is 485 Å². The summed E-state index contributed by atoms with van der Waals surface area (Å²) in [5.41, 5.74) is 22.2. The van der Waals surface area contributed by atoms with Gasteiger partial charge < -0.3 is 50.6 Å². The largest absolute Gasteiger partial charge is 0.504 e. The van der Waals surface area contributed by atoms with Crippen molar-refractivity contribution >= 4 is 126 Å². The Morgan fingerprint density at radius 3 is 1.30 bits per heavy atom. The van der Waals surface area contributed by atoms with Gasteiger partial charge in [0.05, 0.1) is 0 Å². The molecule has 8 aliphatic carbocycles. The van der Waals surface area contributed by atoms with E-state index in [1.54, 1.807) is 38.0 Å². The zero-order valence-corrected chi connectivity index (χ0v) is 45.7. The van der Waals surface area contributed by atoms with Crippen LogP contribution in [0, 0.1) is 0 Å². The molecule has 8 aliphatic rings. The van der Waals surface area contributed by atoms with E-state index in [9.17, 15) is 50.6 Å². The Hall–Kier alpha value is -8.00. The molecule has 0 saturated carbocycles. The molecule has 0 bridgehead atoms. The Kier molecular flexibility index (Phi) is 14.3. The van der Waals surface area contributed by atoms with Crippen LogP contribution in [0.15, 0.2) is 119 Å². The summed E-state index contributed by atoms with van der Waals surface area (Å²) < 4.78 is 0. The second-order valence-corrected chi connectivity index (χ2v) is 22.9. The first kappa shape index (κ1) is 55.5. The molecular weight excluding hydrogens is 1030 g/mol. The van der Waals surface area contributed by atoms with E-state index in [2.05, 4.69) is 91.9 Å². The van der Waals surface area contributed by atoms with E-state index in [0.29, 0.717) is 69.7 Å². The standard InChI is InChI=1S/2C17H16B2O3.C17H13B.C16H12O4.CH4/c1-18(20)14-8-4-10-3-7-13-15(19(21)22)9-5-11-2-6-12(14)16(10)17(11)13;1-18(20)14-6-10-2-4-12-8-15(19(21)22)9-13-5-3-11(7-14)16(10)17(12)13;1-10-6-11-2-4-13-8-15(18)9-14-5-3-12(7-10)16(11)17(13)14;17-13-7-3-1-4-8-11(7)12-9(15(13)19)5-2-6-10(12)16(20)14(8)18;/h2-3,6-9,20-22H,4-5H2,1H3;2-6,9,20-22H,7-8H2,1H3;2-6,9H,7-8H2,1H3;1-3,6,17-20H,4-5H2;1H4. The zero-order chi connectivity index (χ0) is 57.2. The molecule has 10 N–H and O–H groups in total. The van der Waals surface area contributed by atoms with Crippen LogP contribution >= 0.6 is 0 Å². The van der Waals surface area contributed by atoms with Crippen LogP contribution in [0.1, 0.15) is 103 Å². The molecule has 8 aromatic carbocycles. The van der Waals surface area contributed by atoms with E-state index in [0.717, 1.165) is 80.7 Å². The van der Waals surface area contributed by atoms with Gasteiger partial charge in [-0.15, -0.1) is 5.47 Å². The van der Waals surface area contributed by atoms with Gasteiger partial charge in [0.15, 0.2) is 23.0 Å². The van der Waals surface area contributed by atoms with E-state index in [4.69, 9.17) is 7.85 Å². The third-order valence-corrected chi connectivity index (χ3v) is 17.6. The summed E-state index contributed by atoms with van der Waals surface area (Å²) in [5, 5.41) is 108. The Bertz CT molecular complexity index is 4140. The fourth-order valence-electron chi connectivity index (χ4n) is 13.9. The van der Waals surface area contributed by atoms with Crippen molar-refractivity contribution in [2.75, 3.05) is 0 Å². The van der Waals surface area contributed by atoms with Crippen LogP contribution < -0.4 is 0 Å². The predicted molar refractivity (Wildman–Crippen MR) is 344 cm³/mol. The number of hydrogen-bond acceptors (Lipinski definition) is 10. The summed E-state index contributed by atoms with van der Waals surface area (Å²) >= 11 is 0. The maximum Gasteiger partial charge on any atom is 0.488 e. The first-order valence-electron chi connectivity index (χ1n) is 28.0. The summed E-state index contributed by atoms with van der Waals surface area (Å²) in [6, 6.07) is 25.4. The van der Waals surface area contributed by atoms with Crippen LogP contribution in [0.5, 0.6) is 23.0 Å². The van der Waals surface area contributed by atoms with E-state index >= 15 is 0 Å². The summed E-state index contributed by atoms with van der Waals surface area (Å²) in [6.45, 7) is 4.85. The molecule has 83 heavy (non-hydrogen) atoms. The molecular formula is C68H61B5O10. The average Bonchev–Trinajstić information content (AvgIpc) is 3.60. The molecule has 8 aromatic rings. The van der Waals surface area contributed by atoms with Gasteiger partial charge in [0.25, 0.3) is 0 Å². The van der Waals surface area contributed by atoms with Crippen LogP contribution in [0.4, 0.5) is 0 Å². The fraction of sp³-hybridized carbons (Fsp3) is 0.176. The van der Waals surface area contributed by atoms with Crippen molar-refractivity contribution in [2.24, 2.45) is 0 Å². The van der Waals surface area contributed by atoms with Crippen molar-refractivity contribution in [1.82, 2.24) is 0 Å². The minimum absolute atomic E-state index is 0. The van der Waals surface area contributed by atoms with Crippen LogP contribution in [0.25, 0.3) is 90.5 Å². The third-order valence-electron chi connectivity index (χ3n) is 17.6. The highest BCUT2D eigenvalue weighted by atomic mass is 16.4. The van der Waals surface area contributed by atoms with Gasteiger partial charge in [-0.05, 0) is 174 Å².